The van der Waals surface area contributed by atoms with E-state index in [0.717, 1.165) is 39.0 Å². The van der Waals surface area contributed by atoms with Crippen LogP contribution in [0.25, 0.3) is 65.7 Å². The van der Waals surface area contributed by atoms with E-state index in [0.29, 0.717) is 0 Å². The van der Waals surface area contributed by atoms with Gasteiger partial charge in [-0.15, -0.1) is 0 Å². The maximum absolute atomic E-state index is 6.77. The first-order valence-electron chi connectivity index (χ1n) is 20.0. The third-order valence-electron chi connectivity index (χ3n) is 13.2. The lowest BCUT2D eigenvalue weighted by Gasteiger charge is -2.30. The minimum absolute atomic E-state index is 0.115. The Bertz CT molecular complexity index is 3120. The van der Waals surface area contributed by atoms with Crippen molar-refractivity contribution in [1.29, 1.82) is 0 Å². The number of benzene rings is 8. The molecule has 0 saturated heterocycles. The van der Waals surface area contributed by atoms with Gasteiger partial charge in [0.05, 0.1) is 19.4 Å². The molecule has 3 heteroatoms. The number of anilines is 3. The standard InChI is InChI=1S/C53H45NOSi/c1-52(2)42-28-23-32-15-8-9-16-35(32)49(42)40-29-44-41(30-43(40)52)50-38-19-11-10-17-36(38)47(31-45(50)53(44,3)4)54(33-24-26-34(27-25-33)56(5,6)7)46-21-14-20-39-37-18-12-13-22-48(37)55-51(39)46/h8-31H,1-7H3. The summed E-state index contributed by atoms with van der Waals surface area (Å²) in [7, 11) is -1.52. The van der Waals surface area contributed by atoms with Crippen molar-refractivity contribution in [3.8, 4) is 22.3 Å². The van der Waals surface area contributed by atoms with E-state index >= 15 is 0 Å². The van der Waals surface area contributed by atoms with Crippen LogP contribution < -0.4 is 10.1 Å². The Morgan fingerprint density at radius 3 is 1.77 bits per heavy atom. The van der Waals surface area contributed by atoms with Crippen LogP contribution in [-0.2, 0) is 10.8 Å². The van der Waals surface area contributed by atoms with E-state index < -0.39 is 8.07 Å². The second kappa shape index (κ2) is 11.3. The first-order chi connectivity index (χ1) is 26.9. The summed E-state index contributed by atoms with van der Waals surface area (Å²) in [4.78, 5) is 2.46. The van der Waals surface area contributed by atoms with Gasteiger partial charge < -0.3 is 9.32 Å². The average Bonchev–Trinajstić information content (AvgIpc) is 3.77. The first-order valence-corrected chi connectivity index (χ1v) is 23.5. The summed E-state index contributed by atoms with van der Waals surface area (Å²) >= 11 is 0. The van der Waals surface area contributed by atoms with Crippen LogP contribution in [0.4, 0.5) is 17.1 Å². The fraction of sp³-hybridized carbons (Fsp3) is 0.170. The van der Waals surface area contributed by atoms with Gasteiger partial charge in [0.25, 0.3) is 0 Å². The number of furan rings is 1. The van der Waals surface area contributed by atoms with Crippen molar-refractivity contribution >= 4 is 73.8 Å². The number of nitrogens with zero attached hydrogens (tertiary/aromatic N) is 1. The van der Waals surface area contributed by atoms with E-state index in [9.17, 15) is 0 Å². The van der Waals surface area contributed by atoms with Crippen LogP contribution in [0.3, 0.4) is 0 Å². The van der Waals surface area contributed by atoms with Gasteiger partial charge in [0.15, 0.2) is 5.58 Å². The minimum atomic E-state index is -1.52. The van der Waals surface area contributed by atoms with Gasteiger partial charge in [0.1, 0.15) is 5.58 Å². The van der Waals surface area contributed by atoms with Gasteiger partial charge in [-0.05, 0) is 103 Å². The van der Waals surface area contributed by atoms with Gasteiger partial charge in [-0.25, -0.2) is 0 Å². The maximum Gasteiger partial charge on any atom is 0.159 e. The summed E-state index contributed by atoms with van der Waals surface area (Å²) in [6, 6.07) is 54.6. The van der Waals surface area contributed by atoms with E-state index in [2.05, 4.69) is 198 Å². The van der Waals surface area contributed by atoms with Gasteiger partial charge in [-0.2, -0.15) is 0 Å². The third kappa shape index (κ3) is 4.49. The molecule has 272 valence electrons. The highest BCUT2D eigenvalue weighted by Crippen LogP contribution is 2.60. The Morgan fingerprint density at radius 1 is 0.464 bits per heavy atom. The molecule has 0 aliphatic heterocycles. The molecule has 0 atom stereocenters. The molecule has 0 radical (unpaired) electrons. The highest BCUT2D eigenvalue weighted by atomic mass is 28.3. The lowest BCUT2D eigenvalue weighted by molar-refractivity contribution is 0.652. The lowest BCUT2D eigenvalue weighted by Crippen LogP contribution is -2.37. The quantitative estimate of drug-likeness (QED) is 0.167. The Morgan fingerprint density at radius 2 is 1.05 bits per heavy atom. The lowest BCUT2D eigenvalue weighted by atomic mass is 9.79. The molecule has 2 aliphatic rings. The summed E-state index contributed by atoms with van der Waals surface area (Å²) in [5.74, 6) is 0. The van der Waals surface area contributed by atoms with Crippen molar-refractivity contribution < 1.29 is 4.42 Å². The number of rotatable bonds is 4. The monoisotopic (exact) mass is 739 g/mol. The van der Waals surface area contributed by atoms with E-state index in [-0.39, 0.29) is 10.8 Å². The van der Waals surface area contributed by atoms with E-state index in [1.54, 1.807) is 0 Å². The number of hydrogen-bond acceptors (Lipinski definition) is 2. The molecule has 1 heterocycles. The highest BCUT2D eigenvalue weighted by molar-refractivity contribution is 6.88. The van der Waals surface area contributed by atoms with E-state index in [1.807, 2.05) is 0 Å². The zero-order valence-electron chi connectivity index (χ0n) is 33.2. The molecule has 11 rings (SSSR count). The summed E-state index contributed by atoms with van der Waals surface area (Å²) in [5.41, 5.74) is 15.9. The van der Waals surface area contributed by atoms with Crippen molar-refractivity contribution in [2.75, 3.05) is 4.90 Å². The Labute approximate surface area is 330 Å². The molecule has 0 amide bonds. The van der Waals surface area contributed by atoms with Crippen molar-refractivity contribution in [2.45, 2.75) is 58.2 Å². The Kier molecular flexibility index (Phi) is 6.77. The van der Waals surface area contributed by atoms with Crippen molar-refractivity contribution in [3.63, 3.8) is 0 Å². The van der Waals surface area contributed by atoms with Crippen molar-refractivity contribution in [2.24, 2.45) is 0 Å². The summed E-state index contributed by atoms with van der Waals surface area (Å²) in [6.45, 7) is 16.9. The van der Waals surface area contributed by atoms with Gasteiger partial charge in [-0.3, -0.25) is 0 Å². The van der Waals surface area contributed by atoms with E-state index in [1.165, 1.54) is 71.2 Å². The molecular weight excluding hydrogens is 695 g/mol. The molecule has 1 aromatic heterocycles. The smallest absolute Gasteiger partial charge is 0.159 e. The zero-order chi connectivity index (χ0) is 38.3. The molecule has 8 aromatic carbocycles. The average molecular weight is 740 g/mol. The number of fused-ring (bicyclic) bond motifs is 13. The molecule has 0 spiro atoms. The molecule has 0 fully saturated rings. The summed E-state index contributed by atoms with van der Waals surface area (Å²) < 4.78 is 6.77. The van der Waals surface area contributed by atoms with Crippen LogP contribution in [0, 0.1) is 0 Å². The maximum atomic E-state index is 6.77. The van der Waals surface area contributed by atoms with Gasteiger partial charge >= 0.3 is 0 Å². The summed E-state index contributed by atoms with van der Waals surface area (Å²) in [5, 5.41) is 8.87. The largest absolute Gasteiger partial charge is 0.454 e. The molecule has 0 bridgehead atoms. The molecule has 2 nitrogen and oxygen atoms in total. The predicted molar refractivity (Wildman–Crippen MR) is 242 cm³/mol. The van der Waals surface area contributed by atoms with Gasteiger partial charge in [0.2, 0.25) is 0 Å². The number of para-hydroxylation sites is 2. The molecule has 2 aliphatic carbocycles. The third-order valence-corrected chi connectivity index (χ3v) is 15.3. The van der Waals surface area contributed by atoms with Crippen LogP contribution >= 0.6 is 0 Å². The first kappa shape index (κ1) is 33.4. The van der Waals surface area contributed by atoms with Crippen molar-refractivity contribution in [3.05, 3.63) is 168 Å². The van der Waals surface area contributed by atoms with Crippen LogP contribution in [0.2, 0.25) is 19.6 Å². The fourth-order valence-corrected chi connectivity index (χ4v) is 11.3. The zero-order valence-corrected chi connectivity index (χ0v) is 34.2. The molecular formula is C53H45NOSi. The minimum Gasteiger partial charge on any atom is -0.454 e. The van der Waals surface area contributed by atoms with Crippen LogP contribution in [0.1, 0.15) is 49.9 Å². The fourth-order valence-electron chi connectivity index (χ4n) is 10.2. The second-order valence-electron chi connectivity index (χ2n) is 18.2. The molecule has 9 aromatic rings. The predicted octanol–water partition coefficient (Wildman–Crippen LogP) is 14.5. The summed E-state index contributed by atoms with van der Waals surface area (Å²) in [6.07, 6.45) is 0. The van der Waals surface area contributed by atoms with Crippen LogP contribution in [0.15, 0.2) is 150 Å². The normalized spacial score (nSPS) is 15.0. The van der Waals surface area contributed by atoms with Gasteiger partial charge in [0, 0.05) is 32.7 Å². The molecule has 0 saturated carbocycles. The SMILES string of the molecule is CC1(C)c2cc3c(cc2-c2c1ccc1ccccc21)C(C)(C)c1cc(N(c2ccc([Si](C)(C)C)cc2)c2cccc4c2oc2ccccc24)c2ccccc2c1-3. The second-order valence-corrected chi connectivity index (χ2v) is 23.2. The number of hydrogen-bond donors (Lipinski definition) is 0. The highest BCUT2D eigenvalue weighted by Gasteiger charge is 2.43. The molecule has 56 heavy (non-hydrogen) atoms. The van der Waals surface area contributed by atoms with Gasteiger partial charge in [-0.1, -0.05) is 156 Å². The Hall–Kier alpha value is -5.90. The molecule has 0 unspecified atom stereocenters. The topological polar surface area (TPSA) is 16.4 Å². The van der Waals surface area contributed by atoms with E-state index in [4.69, 9.17) is 4.42 Å². The van der Waals surface area contributed by atoms with Crippen LogP contribution in [-0.4, -0.2) is 8.07 Å². The Balaban J connectivity index is 1.19. The van der Waals surface area contributed by atoms with Crippen LogP contribution in [0.5, 0.6) is 0 Å². The van der Waals surface area contributed by atoms with Crippen molar-refractivity contribution in [1.82, 2.24) is 0 Å². The molecule has 0 N–H and O–H groups in total.